The SMILES string of the molecule is N#Cc1ccc(-c2ccc(-n3c4ccccc4c4cccc(-c5cccc6c7ccccc7n(-c7ccccc7)c56)c43)cc2)cc1. The van der Waals surface area contributed by atoms with Crippen molar-refractivity contribution in [1.82, 2.24) is 9.13 Å². The van der Waals surface area contributed by atoms with Gasteiger partial charge in [0.15, 0.2) is 0 Å². The van der Waals surface area contributed by atoms with Crippen molar-refractivity contribution in [3.8, 4) is 39.7 Å². The van der Waals surface area contributed by atoms with Gasteiger partial charge in [-0.3, -0.25) is 0 Å². The van der Waals surface area contributed by atoms with E-state index in [1.807, 2.05) is 24.3 Å². The summed E-state index contributed by atoms with van der Waals surface area (Å²) in [6, 6.07) is 60.2. The molecule has 7 aromatic carbocycles. The molecule has 0 radical (unpaired) electrons. The average Bonchev–Trinajstić information content (AvgIpc) is 3.66. The first kappa shape index (κ1) is 26.1. The van der Waals surface area contributed by atoms with Crippen LogP contribution in [0.15, 0.2) is 164 Å². The molecule has 0 saturated heterocycles. The highest BCUT2D eigenvalue weighted by Crippen LogP contribution is 2.43. The van der Waals surface area contributed by atoms with E-state index in [-0.39, 0.29) is 0 Å². The van der Waals surface area contributed by atoms with Gasteiger partial charge in [-0.05, 0) is 59.7 Å². The molecule has 0 N–H and O–H groups in total. The molecule has 3 heteroatoms. The molecule has 214 valence electrons. The molecule has 9 aromatic rings. The van der Waals surface area contributed by atoms with Crippen molar-refractivity contribution in [3.63, 3.8) is 0 Å². The van der Waals surface area contributed by atoms with Gasteiger partial charge in [-0.25, -0.2) is 0 Å². The number of hydrogen-bond donors (Lipinski definition) is 0. The Balaban J connectivity index is 1.34. The third-order valence-corrected chi connectivity index (χ3v) is 9.17. The lowest BCUT2D eigenvalue weighted by atomic mass is 9.99. The van der Waals surface area contributed by atoms with Crippen molar-refractivity contribution in [2.45, 2.75) is 0 Å². The topological polar surface area (TPSA) is 33.6 Å². The molecule has 2 heterocycles. The van der Waals surface area contributed by atoms with Gasteiger partial charge in [-0.1, -0.05) is 115 Å². The fourth-order valence-electron chi connectivity index (χ4n) is 7.13. The van der Waals surface area contributed by atoms with Crippen LogP contribution in [-0.2, 0) is 0 Å². The minimum absolute atomic E-state index is 0.666. The first-order valence-electron chi connectivity index (χ1n) is 15.5. The second kappa shape index (κ2) is 10.4. The lowest BCUT2D eigenvalue weighted by molar-refractivity contribution is 1.17. The van der Waals surface area contributed by atoms with Gasteiger partial charge in [0, 0.05) is 44.0 Å². The summed E-state index contributed by atoms with van der Waals surface area (Å²) in [7, 11) is 0. The summed E-state index contributed by atoms with van der Waals surface area (Å²) in [4.78, 5) is 0. The zero-order valence-electron chi connectivity index (χ0n) is 24.9. The molecular formula is C43H27N3. The zero-order valence-corrected chi connectivity index (χ0v) is 24.9. The Morgan fingerprint density at radius 2 is 0.804 bits per heavy atom. The van der Waals surface area contributed by atoms with Gasteiger partial charge in [0.25, 0.3) is 0 Å². The summed E-state index contributed by atoms with van der Waals surface area (Å²) in [5, 5.41) is 14.2. The van der Waals surface area contributed by atoms with E-state index in [0.717, 1.165) is 22.5 Å². The predicted molar refractivity (Wildman–Crippen MR) is 191 cm³/mol. The van der Waals surface area contributed by atoms with Crippen molar-refractivity contribution >= 4 is 43.6 Å². The maximum Gasteiger partial charge on any atom is 0.0991 e. The van der Waals surface area contributed by atoms with Gasteiger partial charge < -0.3 is 9.13 Å². The minimum Gasteiger partial charge on any atom is -0.309 e. The number of nitriles is 1. The number of benzene rings is 7. The number of fused-ring (bicyclic) bond motifs is 6. The first-order valence-corrected chi connectivity index (χ1v) is 15.5. The smallest absolute Gasteiger partial charge is 0.0991 e. The van der Waals surface area contributed by atoms with E-state index >= 15 is 0 Å². The summed E-state index contributed by atoms with van der Waals surface area (Å²) < 4.78 is 4.83. The lowest BCUT2D eigenvalue weighted by Crippen LogP contribution is -1.98. The number of hydrogen-bond acceptors (Lipinski definition) is 1. The van der Waals surface area contributed by atoms with Crippen LogP contribution in [0.25, 0.3) is 77.2 Å². The molecule has 0 fully saturated rings. The Morgan fingerprint density at radius 3 is 1.33 bits per heavy atom. The molecule has 9 rings (SSSR count). The summed E-state index contributed by atoms with van der Waals surface area (Å²) in [6.07, 6.45) is 0. The van der Waals surface area contributed by atoms with E-state index in [1.54, 1.807) is 0 Å². The Hall–Kier alpha value is -6.37. The average molecular weight is 586 g/mol. The van der Waals surface area contributed by atoms with Crippen LogP contribution in [0, 0.1) is 11.3 Å². The van der Waals surface area contributed by atoms with Gasteiger partial charge in [-0.2, -0.15) is 5.26 Å². The standard InChI is InChI=1S/C43H27N3/c44-28-29-20-22-30(23-21-29)31-24-26-33(27-25-31)46-41-19-7-5-13-35(41)37-15-9-17-39(43(37)46)38-16-8-14-36-34-12-4-6-18-40(34)45(42(36)38)32-10-2-1-3-11-32/h1-27H. The van der Waals surface area contributed by atoms with E-state index in [4.69, 9.17) is 0 Å². The zero-order chi connectivity index (χ0) is 30.6. The number of para-hydroxylation sites is 5. The van der Waals surface area contributed by atoms with Gasteiger partial charge in [0.2, 0.25) is 0 Å². The van der Waals surface area contributed by atoms with Gasteiger partial charge in [-0.15, -0.1) is 0 Å². The fraction of sp³-hybridized carbons (Fsp3) is 0. The predicted octanol–water partition coefficient (Wildman–Crippen LogP) is 11.1. The summed E-state index contributed by atoms with van der Waals surface area (Å²) in [6.45, 7) is 0. The molecule has 2 aromatic heterocycles. The van der Waals surface area contributed by atoms with E-state index in [9.17, 15) is 5.26 Å². The van der Waals surface area contributed by atoms with E-state index < -0.39 is 0 Å². The van der Waals surface area contributed by atoms with Crippen LogP contribution in [0.2, 0.25) is 0 Å². The summed E-state index contributed by atoms with van der Waals surface area (Å²) in [5.41, 5.74) is 12.3. The summed E-state index contributed by atoms with van der Waals surface area (Å²) >= 11 is 0. The monoisotopic (exact) mass is 585 g/mol. The van der Waals surface area contributed by atoms with Crippen LogP contribution >= 0.6 is 0 Å². The molecule has 0 bridgehead atoms. The molecule has 0 aliphatic carbocycles. The minimum atomic E-state index is 0.666. The fourth-order valence-corrected chi connectivity index (χ4v) is 7.13. The van der Waals surface area contributed by atoms with E-state index in [2.05, 4.69) is 155 Å². The lowest BCUT2D eigenvalue weighted by Gasteiger charge is -2.15. The molecule has 0 unspecified atom stereocenters. The van der Waals surface area contributed by atoms with Crippen LogP contribution in [-0.4, -0.2) is 9.13 Å². The van der Waals surface area contributed by atoms with Crippen molar-refractivity contribution in [2.24, 2.45) is 0 Å². The molecule has 0 aliphatic rings. The van der Waals surface area contributed by atoms with Gasteiger partial charge in [0.1, 0.15) is 0 Å². The van der Waals surface area contributed by atoms with Crippen molar-refractivity contribution in [2.75, 3.05) is 0 Å². The second-order valence-electron chi connectivity index (χ2n) is 11.7. The molecule has 0 saturated carbocycles. The van der Waals surface area contributed by atoms with Gasteiger partial charge >= 0.3 is 0 Å². The Labute approximate surface area is 266 Å². The highest BCUT2D eigenvalue weighted by Gasteiger charge is 2.21. The highest BCUT2D eigenvalue weighted by molar-refractivity contribution is 6.19. The van der Waals surface area contributed by atoms with Crippen LogP contribution < -0.4 is 0 Å². The molecule has 46 heavy (non-hydrogen) atoms. The first-order chi connectivity index (χ1) is 22.8. The maximum atomic E-state index is 9.23. The highest BCUT2D eigenvalue weighted by atomic mass is 15.0. The van der Waals surface area contributed by atoms with Crippen molar-refractivity contribution in [1.29, 1.82) is 5.26 Å². The van der Waals surface area contributed by atoms with Crippen LogP contribution in [0.5, 0.6) is 0 Å². The molecular weight excluding hydrogens is 558 g/mol. The molecule has 3 nitrogen and oxygen atoms in total. The summed E-state index contributed by atoms with van der Waals surface area (Å²) in [5.74, 6) is 0. The van der Waals surface area contributed by atoms with E-state index in [1.165, 1.54) is 54.7 Å². The van der Waals surface area contributed by atoms with Crippen LogP contribution in [0.1, 0.15) is 5.56 Å². The Morgan fingerprint density at radius 1 is 0.370 bits per heavy atom. The van der Waals surface area contributed by atoms with Crippen molar-refractivity contribution < 1.29 is 0 Å². The molecule has 0 spiro atoms. The van der Waals surface area contributed by atoms with Crippen molar-refractivity contribution in [3.05, 3.63) is 169 Å². The molecule has 0 aliphatic heterocycles. The third kappa shape index (κ3) is 3.91. The van der Waals surface area contributed by atoms with Crippen LogP contribution in [0.3, 0.4) is 0 Å². The Bertz CT molecular complexity index is 2610. The van der Waals surface area contributed by atoms with Gasteiger partial charge in [0.05, 0.1) is 33.7 Å². The normalized spacial score (nSPS) is 11.5. The van der Waals surface area contributed by atoms with Crippen LogP contribution in [0.4, 0.5) is 0 Å². The largest absolute Gasteiger partial charge is 0.309 e. The maximum absolute atomic E-state index is 9.23. The third-order valence-electron chi connectivity index (χ3n) is 9.17. The number of rotatable bonds is 4. The molecule has 0 amide bonds. The quantitative estimate of drug-likeness (QED) is 0.202. The number of aromatic nitrogens is 2. The Kier molecular flexibility index (Phi) is 5.88. The number of nitrogens with zero attached hydrogens (tertiary/aromatic N) is 3. The second-order valence-corrected chi connectivity index (χ2v) is 11.7. The van der Waals surface area contributed by atoms with E-state index in [0.29, 0.717) is 5.56 Å². The molecule has 0 atom stereocenters.